The van der Waals surface area contributed by atoms with E-state index in [1.165, 1.54) is 42.8 Å². The number of hydrogen-bond acceptors (Lipinski definition) is 24. The third-order valence-electron chi connectivity index (χ3n) is 18.1. The van der Waals surface area contributed by atoms with Crippen LogP contribution in [0.2, 0.25) is 0 Å². The number of fused-ring (bicyclic) bond motifs is 1. The van der Waals surface area contributed by atoms with Gasteiger partial charge in [-0.1, -0.05) is 89.4 Å². The van der Waals surface area contributed by atoms with E-state index in [1.54, 1.807) is 37.4 Å². The Balaban J connectivity index is 0.000000498. The molecule has 4 heterocycles. The second-order valence-electron chi connectivity index (χ2n) is 26.8. The molecule has 27 nitrogen and oxygen atoms in total. The fourth-order valence-electron chi connectivity index (χ4n) is 11.5. The number of hydrogen-bond donors (Lipinski definition) is 9. The van der Waals surface area contributed by atoms with Crippen LogP contribution in [0.25, 0.3) is 11.2 Å². The number of anilines is 3. The molecule has 10 N–H and O–H groups in total. The lowest BCUT2D eigenvalue weighted by Crippen LogP contribution is -2.41. The first-order chi connectivity index (χ1) is 51.0. The van der Waals surface area contributed by atoms with Crippen LogP contribution in [0.4, 0.5) is 17.5 Å². The number of rotatable bonds is 48. The van der Waals surface area contributed by atoms with Crippen LogP contribution in [0, 0.1) is 23.7 Å². The smallest absolute Gasteiger partial charge is 0.326 e. The Hall–Kier alpha value is -9.22. The number of carbonyl (C=O) groups is 12. The van der Waals surface area contributed by atoms with E-state index in [-0.39, 0.29) is 121 Å². The Morgan fingerprint density at radius 2 is 1.33 bits per heavy atom. The van der Waals surface area contributed by atoms with Crippen molar-refractivity contribution in [2.24, 2.45) is 23.7 Å². The number of thioether (sulfide) groups is 1. The van der Waals surface area contributed by atoms with Gasteiger partial charge in [0.05, 0.1) is 29.6 Å². The Labute approximate surface area is 639 Å². The number of imide groups is 2. The number of nitrogens with one attached hydrogen (secondary N) is 4. The van der Waals surface area contributed by atoms with E-state index in [9.17, 15) is 67.7 Å². The number of allylic oxidation sites excluding steroid dienone is 2. The lowest BCUT2D eigenvalue weighted by atomic mass is 9.80. The number of unbranched alkanes of at least 4 members (excludes halogenated alkanes) is 5. The molecule has 1 fully saturated rings. The molecule has 0 radical (unpaired) electrons. The van der Waals surface area contributed by atoms with Crippen molar-refractivity contribution in [2.45, 2.75) is 186 Å². The van der Waals surface area contributed by atoms with E-state index < -0.39 is 47.6 Å². The molecule has 0 aliphatic carbocycles. The van der Waals surface area contributed by atoms with Crippen LogP contribution in [-0.2, 0) is 65.7 Å². The SMILES string of the molecule is C=C(CCCS)NC.C=C(CCCSC1CC(=O)N(CCCCCC(=O)CC(C)C(=O)CC(Cc2ccccc2)C(=O)CC(CCCCC)C(=O)CC(CCCCNC)C(=O)O)C1=O)NC.CC(=O)CC[C@H](NC(=O)c1ccc(N(C)Cc2cnc3nc(N)nc(N)c3n2)cc1)C(=O)O.CN1C(=O)C=CC1=O. The fraction of sp³-hybridized carbons (Fsp3) is 0.538. The number of carboxylic acids is 2. The highest BCUT2D eigenvalue weighted by atomic mass is 32.2. The predicted octanol–water partition coefficient (Wildman–Crippen LogP) is 9.28. The largest absolute Gasteiger partial charge is 0.481 e. The van der Waals surface area contributed by atoms with Crippen molar-refractivity contribution in [3.8, 4) is 0 Å². The second-order valence-corrected chi connectivity index (χ2v) is 28.6. The first kappa shape index (κ1) is 92.0. The molecule has 6 atom stereocenters. The van der Waals surface area contributed by atoms with E-state index in [1.807, 2.05) is 63.4 Å². The van der Waals surface area contributed by atoms with Crippen molar-refractivity contribution >= 4 is 123 Å². The van der Waals surface area contributed by atoms with Gasteiger partial charge in [-0.2, -0.15) is 22.6 Å². The fourth-order valence-corrected chi connectivity index (χ4v) is 12.7. The molecular formula is C78H113N13O14S2. The first-order valence-electron chi connectivity index (χ1n) is 36.6. The number of nitrogens with two attached hydrogens (primary N) is 2. The number of likely N-dealkylation sites (N-methyl/N-ethyl adjacent to an activating group) is 1. The average Bonchev–Trinajstić information content (AvgIpc) is 1.80. The highest BCUT2D eigenvalue weighted by Gasteiger charge is 2.38. The number of aliphatic carboxylic acids is 2. The number of thiol groups is 1. The van der Waals surface area contributed by atoms with Crippen LogP contribution < -0.4 is 37.6 Å². The third-order valence-corrected chi connectivity index (χ3v) is 19.7. The number of aromatic nitrogens is 4. The minimum absolute atomic E-state index is 0.0248. The first-order valence-corrected chi connectivity index (χ1v) is 38.3. The molecule has 2 aliphatic rings. The number of carboxylic acid groups (broad SMARTS) is 2. The van der Waals surface area contributed by atoms with Gasteiger partial charge in [0.25, 0.3) is 17.7 Å². The lowest BCUT2D eigenvalue weighted by molar-refractivity contribution is -0.145. The van der Waals surface area contributed by atoms with Crippen LogP contribution in [-0.4, -0.2) is 181 Å². The minimum atomic E-state index is -1.19. The summed E-state index contributed by atoms with van der Waals surface area (Å²) in [5, 5.41) is 30.3. The number of likely N-dealkylation sites (tertiary alicyclic amines) is 1. The number of nitrogens with zero attached hydrogens (tertiary/aromatic N) is 7. The average molecular weight is 1520 g/mol. The van der Waals surface area contributed by atoms with Crippen molar-refractivity contribution < 1.29 is 67.7 Å². The van der Waals surface area contributed by atoms with Crippen molar-refractivity contribution in [2.75, 3.05) is 76.2 Å². The van der Waals surface area contributed by atoms with Crippen LogP contribution in [0.1, 0.15) is 184 Å². The topological polar surface area (TPSA) is 407 Å². The molecule has 1 saturated heterocycles. The Kier molecular flexibility index (Phi) is 43.3. The van der Waals surface area contributed by atoms with Crippen molar-refractivity contribution in [1.82, 2.24) is 51.0 Å². The predicted molar refractivity (Wildman–Crippen MR) is 421 cm³/mol. The van der Waals surface area contributed by atoms with E-state index in [0.717, 1.165) is 97.0 Å². The molecule has 2 aliphatic heterocycles. The summed E-state index contributed by atoms with van der Waals surface area (Å²) >= 11 is 5.59. The zero-order valence-electron chi connectivity index (χ0n) is 63.5. The summed E-state index contributed by atoms with van der Waals surface area (Å²) < 4.78 is 0. The molecule has 29 heteroatoms. The van der Waals surface area contributed by atoms with Gasteiger partial charge in [-0.15, -0.1) is 11.8 Å². The molecule has 0 saturated carbocycles. The monoisotopic (exact) mass is 1520 g/mol. The quantitative estimate of drug-likeness (QED) is 0.0113. The minimum Gasteiger partial charge on any atom is -0.481 e. The lowest BCUT2D eigenvalue weighted by Gasteiger charge is -2.22. The molecule has 0 bridgehead atoms. The van der Waals surface area contributed by atoms with E-state index in [4.69, 9.17) is 11.5 Å². The van der Waals surface area contributed by atoms with E-state index >= 15 is 0 Å². The maximum atomic E-state index is 14.0. The summed E-state index contributed by atoms with van der Waals surface area (Å²) in [6, 6.07) is 15.0. The number of nitrogen functional groups attached to an aromatic ring is 2. The molecule has 2 aromatic heterocycles. The Bertz CT molecular complexity index is 3640. The summed E-state index contributed by atoms with van der Waals surface area (Å²) in [5.74, 6) is -4.97. The van der Waals surface area contributed by atoms with Crippen molar-refractivity contribution in [3.63, 3.8) is 0 Å². The third kappa shape index (κ3) is 34.9. The molecular weight excluding hydrogens is 1410 g/mol. The summed E-state index contributed by atoms with van der Waals surface area (Å²) in [7, 11) is 8.85. The van der Waals surface area contributed by atoms with Crippen LogP contribution in [0.3, 0.4) is 0 Å². The van der Waals surface area contributed by atoms with Crippen molar-refractivity contribution in [1.29, 1.82) is 0 Å². The highest BCUT2D eigenvalue weighted by Crippen LogP contribution is 2.30. The zero-order chi connectivity index (χ0) is 79.5. The molecule has 5 unspecified atom stereocenters. The number of Topliss-reactive ketones (excluding diaryl/α,β-unsaturated/α-hetero) is 5. The standard InChI is InChI=1S/C46H71N3O8S.C21H24N8O4.C6H13NS.C5H5NO2/c1-6-7-10-21-36(41(52)30-37(46(56)57)22-14-15-24-47-4)29-42(53)38(28-35-19-11-8-12-20-35)31-40(51)33(2)27-39(50)23-13-9-16-25-49-44(54)32-43(45(49)55)58-26-17-18-34(3)48-5;1-11(30)3-8-15(20(32)33)26-19(31)12-4-6-14(7-5-12)29(2)10-13-9-24-18-16(25-13)17(22)27-21(23)28-18;1-6(7-2)4-3-5-8;1-6-4(7)2-3-5(6)8/h8,11-12,19-20,33,36-38,43,47-48H,3,6-7,9-10,13-18,21-32H2,1-2,4-5H3,(H,56,57);4-7,9,15H,3,8,10H2,1-2H3,(H,26,31)(H,32,33)(H4,22,23,24,27,28);7-8H,1,3-5H2,2H3;2-3H,1H3/t;15-;;/m.0../s1. The van der Waals surface area contributed by atoms with Gasteiger partial charge in [0.15, 0.2) is 17.0 Å². The number of carbonyl (C=O) groups excluding carboxylic acids is 10. The van der Waals surface area contributed by atoms with Gasteiger partial charge >= 0.3 is 11.9 Å². The molecule has 107 heavy (non-hydrogen) atoms. The number of ketones is 5. The van der Waals surface area contributed by atoms with Gasteiger partial charge in [-0.3, -0.25) is 57.7 Å². The highest BCUT2D eigenvalue weighted by molar-refractivity contribution is 8.00. The molecule has 586 valence electrons. The summed E-state index contributed by atoms with van der Waals surface area (Å²) in [5.41, 5.74) is 16.8. The van der Waals surface area contributed by atoms with Crippen LogP contribution in [0.5, 0.6) is 0 Å². The van der Waals surface area contributed by atoms with Gasteiger partial charge in [-0.05, 0) is 132 Å². The number of benzene rings is 2. The summed E-state index contributed by atoms with van der Waals surface area (Å²) in [6.45, 7) is 14.3. The molecule has 0 spiro atoms. The normalized spacial score (nSPS) is 14.4. The maximum Gasteiger partial charge on any atom is 0.326 e. The molecule has 4 aromatic rings. The van der Waals surface area contributed by atoms with E-state index in [0.29, 0.717) is 80.5 Å². The van der Waals surface area contributed by atoms with Crippen LogP contribution in [0.15, 0.2) is 97.5 Å². The Morgan fingerprint density at radius 1 is 0.710 bits per heavy atom. The van der Waals surface area contributed by atoms with Gasteiger partial charge in [0.2, 0.25) is 17.8 Å². The van der Waals surface area contributed by atoms with Gasteiger partial charge in [-0.25, -0.2) is 14.8 Å². The zero-order valence-corrected chi connectivity index (χ0v) is 65.3. The van der Waals surface area contributed by atoms with E-state index in [2.05, 4.69) is 73.9 Å². The van der Waals surface area contributed by atoms with Gasteiger partial charge in [0, 0.05) is 132 Å². The molecule has 2 aromatic carbocycles. The van der Waals surface area contributed by atoms with Gasteiger partial charge < -0.3 is 52.6 Å². The number of amides is 5. The maximum absolute atomic E-state index is 14.0. The summed E-state index contributed by atoms with van der Waals surface area (Å²) in [4.78, 5) is 168. The van der Waals surface area contributed by atoms with Crippen molar-refractivity contribution in [3.05, 3.63) is 114 Å². The van der Waals surface area contributed by atoms with Crippen LogP contribution >= 0.6 is 24.4 Å². The van der Waals surface area contributed by atoms with Gasteiger partial charge in [0.1, 0.15) is 35.0 Å². The second kappa shape index (κ2) is 50.4. The molecule has 5 amide bonds. The molecule has 6 rings (SSSR count). The Morgan fingerprint density at radius 3 is 1.92 bits per heavy atom. The summed E-state index contributed by atoms with van der Waals surface area (Å²) in [6.07, 6.45) is 15.6.